The fourth-order valence-corrected chi connectivity index (χ4v) is 4.71. The first-order chi connectivity index (χ1) is 15.0. The number of fused-ring (bicyclic) bond motifs is 1. The molecule has 2 aliphatic rings. The van der Waals surface area contributed by atoms with Crippen LogP contribution >= 0.6 is 0 Å². The van der Waals surface area contributed by atoms with Gasteiger partial charge in [-0.05, 0) is 62.8 Å². The Morgan fingerprint density at radius 2 is 1.90 bits per heavy atom. The van der Waals surface area contributed by atoms with Crippen molar-refractivity contribution >= 4 is 28.6 Å². The zero-order valence-corrected chi connectivity index (χ0v) is 17.7. The lowest BCUT2D eigenvalue weighted by atomic mass is 9.84. The van der Waals surface area contributed by atoms with Gasteiger partial charge in [0.2, 0.25) is 11.8 Å². The SMILES string of the molecule is NC(=O)CC(=O)NC1CCC(CCN2CCN(c3noc4ccc(F)cc34)CC2)CC1. The fourth-order valence-electron chi connectivity index (χ4n) is 4.71. The molecule has 2 fully saturated rings. The topological polar surface area (TPSA) is 105 Å². The predicted molar refractivity (Wildman–Crippen MR) is 115 cm³/mol. The summed E-state index contributed by atoms with van der Waals surface area (Å²) in [5, 5.41) is 7.81. The Bertz CT molecular complexity index is 917. The van der Waals surface area contributed by atoms with Gasteiger partial charge >= 0.3 is 0 Å². The molecule has 2 heterocycles. The molecule has 0 spiro atoms. The molecule has 168 valence electrons. The summed E-state index contributed by atoms with van der Waals surface area (Å²) in [4.78, 5) is 27.2. The molecule has 1 saturated heterocycles. The van der Waals surface area contributed by atoms with Crippen molar-refractivity contribution < 1.29 is 18.5 Å². The van der Waals surface area contributed by atoms with E-state index < -0.39 is 5.91 Å². The van der Waals surface area contributed by atoms with Gasteiger partial charge in [0.05, 0.1) is 5.39 Å². The molecule has 1 aromatic heterocycles. The highest BCUT2D eigenvalue weighted by atomic mass is 19.1. The number of nitrogens with one attached hydrogen (secondary N) is 1. The van der Waals surface area contributed by atoms with Gasteiger partial charge in [0.15, 0.2) is 11.4 Å². The lowest BCUT2D eigenvalue weighted by Crippen LogP contribution is -2.47. The number of halogens is 1. The molecule has 1 aliphatic carbocycles. The zero-order valence-electron chi connectivity index (χ0n) is 17.7. The summed E-state index contributed by atoms with van der Waals surface area (Å²) in [7, 11) is 0. The van der Waals surface area contributed by atoms with Gasteiger partial charge in [-0.2, -0.15) is 0 Å². The van der Waals surface area contributed by atoms with Crippen molar-refractivity contribution in [3.63, 3.8) is 0 Å². The van der Waals surface area contributed by atoms with Crippen LogP contribution in [0.3, 0.4) is 0 Å². The highest BCUT2D eigenvalue weighted by Crippen LogP contribution is 2.29. The van der Waals surface area contributed by atoms with E-state index in [-0.39, 0.29) is 24.2 Å². The van der Waals surface area contributed by atoms with Crippen LogP contribution in [0.2, 0.25) is 0 Å². The standard InChI is InChI=1S/C22H30FN5O3/c23-16-3-6-19-18(13-16)22(26-31-19)28-11-9-27(10-12-28)8-7-15-1-4-17(5-2-15)25-21(30)14-20(24)29/h3,6,13,15,17H,1-2,4-5,7-12,14H2,(H2,24,29)(H,25,30). The Balaban J connectivity index is 1.18. The van der Waals surface area contributed by atoms with Gasteiger partial charge in [0.1, 0.15) is 12.2 Å². The number of amides is 2. The fraction of sp³-hybridized carbons (Fsp3) is 0.591. The number of hydrogen-bond acceptors (Lipinski definition) is 6. The minimum atomic E-state index is -0.588. The number of aromatic nitrogens is 1. The molecule has 9 heteroatoms. The van der Waals surface area contributed by atoms with Gasteiger partial charge in [-0.1, -0.05) is 5.16 Å². The smallest absolute Gasteiger partial charge is 0.229 e. The number of anilines is 1. The number of nitrogens with zero attached hydrogens (tertiary/aromatic N) is 3. The molecule has 1 saturated carbocycles. The largest absolute Gasteiger partial charge is 0.369 e. The molecule has 8 nitrogen and oxygen atoms in total. The number of rotatable bonds is 7. The Hall–Kier alpha value is -2.68. The summed E-state index contributed by atoms with van der Waals surface area (Å²) in [5.74, 6) is 0.264. The Morgan fingerprint density at radius 3 is 2.61 bits per heavy atom. The van der Waals surface area contributed by atoms with E-state index >= 15 is 0 Å². The first kappa shape index (κ1) is 21.5. The minimum absolute atomic E-state index is 0.161. The van der Waals surface area contributed by atoms with E-state index in [1.807, 2.05) is 0 Å². The van der Waals surface area contributed by atoms with Crippen molar-refractivity contribution in [2.75, 3.05) is 37.6 Å². The number of nitrogens with two attached hydrogens (primary N) is 1. The summed E-state index contributed by atoms with van der Waals surface area (Å²) in [6.45, 7) is 4.64. The quantitative estimate of drug-likeness (QED) is 0.650. The van der Waals surface area contributed by atoms with Gasteiger partial charge in [0, 0.05) is 32.2 Å². The molecule has 2 aromatic rings. The Kier molecular flexibility index (Phi) is 6.70. The van der Waals surface area contributed by atoms with E-state index in [0.717, 1.165) is 76.0 Å². The predicted octanol–water partition coefficient (Wildman–Crippen LogP) is 2.03. The molecular formula is C22H30FN5O3. The van der Waals surface area contributed by atoms with Crippen LogP contribution in [0.5, 0.6) is 0 Å². The molecule has 0 atom stereocenters. The average molecular weight is 432 g/mol. The number of piperazine rings is 1. The van der Waals surface area contributed by atoms with Crippen molar-refractivity contribution in [3.8, 4) is 0 Å². The summed E-state index contributed by atoms with van der Waals surface area (Å²) in [6, 6.07) is 4.65. The number of benzene rings is 1. The van der Waals surface area contributed by atoms with Crippen molar-refractivity contribution in [1.29, 1.82) is 0 Å². The number of primary amides is 1. The maximum absolute atomic E-state index is 13.6. The number of carbonyl (C=O) groups excluding carboxylic acids is 2. The maximum atomic E-state index is 13.6. The van der Waals surface area contributed by atoms with E-state index in [4.69, 9.17) is 10.3 Å². The molecule has 0 bridgehead atoms. The second-order valence-electron chi connectivity index (χ2n) is 8.69. The molecule has 0 unspecified atom stereocenters. The number of carbonyl (C=O) groups is 2. The molecule has 2 amide bonds. The lowest BCUT2D eigenvalue weighted by Gasteiger charge is -2.36. The molecule has 3 N–H and O–H groups in total. The van der Waals surface area contributed by atoms with Crippen LogP contribution < -0.4 is 16.0 Å². The third-order valence-corrected chi connectivity index (χ3v) is 6.49. The van der Waals surface area contributed by atoms with Crippen LogP contribution in [0.25, 0.3) is 11.0 Å². The summed E-state index contributed by atoms with van der Waals surface area (Å²) in [5.41, 5.74) is 5.68. The monoisotopic (exact) mass is 431 g/mol. The van der Waals surface area contributed by atoms with Crippen LogP contribution in [-0.4, -0.2) is 60.6 Å². The summed E-state index contributed by atoms with van der Waals surface area (Å²) >= 11 is 0. The van der Waals surface area contributed by atoms with Gasteiger partial charge in [0.25, 0.3) is 0 Å². The lowest BCUT2D eigenvalue weighted by molar-refractivity contribution is -0.128. The highest BCUT2D eigenvalue weighted by Gasteiger charge is 2.25. The molecule has 1 aliphatic heterocycles. The van der Waals surface area contributed by atoms with E-state index in [1.165, 1.54) is 12.1 Å². The second-order valence-corrected chi connectivity index (χ2v) is 8.69. The molecule has 4 rings (SSSR count). The number of hydrogen-bond donors (Lipinski definition) is 2. The summed E-state index contributed by atoms with van der Waals surface area (Å²) in [6.07, 6.45) is 5.03. The maximum Gasteiger partial charge on any atom is 0.229 e. The third kappa shape index (κ3) is 5.52. The second kappa shape index (κ2) is 9.64. The van der Waals surface area contributed by atoms with Crippen molar-refractivity contribution in [1.82, 2.24) is 15.4 Å². The van der Waals surface area contributed by atoms with Crippen LogP contribution in [0, 0.1) is 11.7 Å². The minimum Gasteiger partial charge on any atom is -0.369 e. The Morgan fingerprint density at radius 1 is 1.16 bits per heavy atom. The van der Waals surface area contributed by atoms with Gasteiger partial charge < -0.3 is 20.5 Å². The van der Waals surface area contributed by atoms with E-state index in [0.29, 0.717) is 11.5 Å². The third-order valence-electron chi connectivity index (χ3n) is 6.49. The van der Waals surface area contributed by atoms with Gasteiger partial charge in [-0.25, -0.2) is 4.39 Å². The first-order valence-electron chi connectivity index (χ1n) is 11.1. The molecule has 0 radical (unpaired) electrons. The first-order valence-corrected chi connectivity index (χ1v) is 11.1. The van der Waals surface area contributed by atoms with Gasteiger partial charge in [-0.15, -0.1) is 0 Å². The van der Waals surface area contributed by atoms with Gasteiger partial charge in [-0.3, -0.25) is 14.5 Å². The van der Waals surface area contributed by atoms with E-state index in [2.05, 4.69) is 20.3 Å². The highest BCUT2D eigenvalue weighted by molar-refractivity contribution is 5.96. The van der Waals surface area contributed by atoms with Crippen LogP contribution in [0.1, 0.15) is 38.5 Å². The zero-order chi connectivity index (χ0) is 21.8. The van der Waals surface area contributed by atoms with Crippen molar-refractivity contribution in [3.05, 3.63) is 24.0 Å². The molecule has 1 aromatic carbocycles. The average Bonchev–Trinajstić information content (AvgIpc) is 3.16. The van der Waals surface area contributed by atoms with Crippen molar-refractivity contribution in [2.45, 2.75) is 44.6 Å². The molecule has 31 heavy (non-hydrogen) atoms. The van der Waals surface area contributed by atoms with Crippen molar-refractivity contribution in [2.24, 2.45) is 11.7 Å². The molecular weight excluding hydrogens is 401 g/mol. The normalized spacial score (nSPS) is 22.5. The van der Waals surface area contributed by atoms with E-state index in [1.54, 1.807) is 6.07 Å². The van der Waals surface area contributed by atoms with Crippen LogP contribution in [0.15, 0.2) is 22.7 Å². The van der Waals surface area contributed by atoms with E-state index in [9.17, 15) is 14.0 Å². The summed E-state index contributed by atoms with van der Waals surface area (Å²) < 4.78 is 18.9. The Labute approximate surface area is 180 Å². The van der Waals surface area contributed by atoms with Crippen LogP contribution in [-0.2, 0) is 9.59 Å². The van der Waals surface area contributed by atoms with Crippen LogP contribution in [0.4, 0.5) is 10.2 Å².